The van der Waals surface area contributed by atoms with Gasteiger partial charge in [0.2, 0.25) is 0 Å². The third kappa shape index (κ3) is 1.41. The lowest BCUT2D eigenvalue weighted by Gasteiger charge is -2.28. The van der Waals surface area contributed by atoms with Crippen molar-refractivity contribution in [2.75, 3.05) is 0 Å². The molecule has 1 aliphatic carbocycles. The van der Waals surface area contributed by atoms with E-state index in [0.29, 0.717) is 29.7 Å². The van der Waals surface area contributed by atoms with E-state index >= 15 is 0 Å². The van der Waals surface area contributed by atoms with E-state index in [9.17, 15) is 4.79 Å². The molecule has 2 nitrogen and oxygen atoms in total. The summed E-state index contributed by atoms with van der Waals surface area (Å²) >= 11 is 0. The maximum Gasteiger partial charge on any atom is 0.139 e. The van der Waals surface area contributed by atoms with Crippen LogP contribution in [0.3, 0.4) is 0 Å². The average molecular weight is 179 g/mol. The summed E-state index contributed by atoms with van der Waals surface area (Å²) in [5.41, 5.74) is 0. The Bertz CT molecular complexity index is 222. The van der Waals surface area contributed by atoms with Gasteiger partial charge in [-0.3, -0.25) is 4.79 Å². The highest BCUT2D eigenvalue weighted by molar-refractivity contribution is 5.85. The van der Waals surface area contributed by atoms with Crippen LogP contribution in [-0.2, 0) is 4.79 Å². The smallest absolute Gasteiger partial charge is 0.139 e. The van der Waals surface area contributed by atoms with Gasteiger partial charge in [-0.2, -0.15) is 0 Å². The van der Waals surface area contributed by atoms with Gasteiger partial charge in [-0.25, -0.2) is 0 Å². The standard InChI is InChI=1S/C11H17NO/c13-11(7-1-2-7)8-5-9-3-4-10(6-8)12-9/h7-10,12H,1-6H2. The predicted molar refractivity (Wildman–Crippen MR) is 50.4 cm³/mol. The van der Waals surface area contributed by atoms with Crippen LogP contribution in [0.15, 0.2) is 0 Å². The number of Topliss-reactive ketones (excluding diaryl/α,β-unsaturated/α-hetero) is 1. The molecule has 0 aromatic rings. The fourth-order valence-corrected chi connectivity index (χ4v) is 2.99. The quantitative estimate of drug-likeness (QED) is 0.696. The van der Waals surface area contributed by atoms with Crippen molar-refractivity contribution in [3.8, 4) is 0 Å². The molecule has 0 aromatic heterocycles. The molecule has 2 heteroatoms. The van der Waals surface area contributed by atoms with Crippen molar-refractivity contribution in [2.24, 2.45) is 11.8 Å². The molecule has 3 rings (SSSR count). The molecule has 3 aliphatic rings. The largest absolute Gasteiger partial charge is 0.311 e. The number of fused-ring (bicyclic) bond motifs is 2. The fraction of sp³-hybridized carbons (Fsp3) is 0.909. The molecule has 1 saturated carbocycles. The molecule has 13 heavy (non-hydrogen) atoms. The lowest BCUT2D eigenvalue weighted by molar-refractivity contribution is -0.125. The van der Waals surface area contributed by atoms with Crippen LogP contribution in [0.25, 0.3) is 0 Å². The summed E-state index contributed by atoms with van der Waals surface area (Å²) in [5.74, 6) is 1.49. The van der Waals surface area contributed by atoms with Gasteiger partial charge in [0.05, 0.1) is 0 Å². The third-order valence-electron chi connectivity index (χ3n) is 3.86. The van der Waals surface area contributed by atoms with Crippen molar-refractivity contribution in [2.45, 2.75) is 50.6 Å². The fourth-order valence-electron chi connectivity index (χ4n) is 2.99. The summed E-state index contributed by atoms with van der Waals surface area (Å²) in [4.78, 5) is 11.9. The van der Waals surface area contributed by atoms with E-state index in [1.165, 1.54) is 25.7 Å². The Kier molecular flexibility index (Phi) is 1.72. The van der Waals surface area contributed by atoms with Gasteiger partial charge in [0.25, 0.3) is 0 Å². The Morgan fingerprint density at radius 3 is 2.08 bits per heavy atom. The minimum absolute atomic E-state index is 0.422. The number of piperidine rings is 1. The van der Waals surface area contributed by atoms with E-state index < -0.39 is 0 Å². The molecule has 3 fully saturated rings. The number of carbonyl (C=O) groups is 1. The second kappa shape index (κ2) is 2.81. The Balaban J connectivity index is 1.68. The number of hydrogen-bond donors (Lipinski definition) is 1. The van der Waals surface area contributed by atoms with Crippen molar-refractivity contribution in [1.29, 1.82) is 0 Å². The zero-order valence-corrected chi connectivity index (χ0v) is 7.96. The lowest BCUT2D eigenvalue weighted by Crippen LogP contribution is -2.40. The molecular formula is C11H17NO. The minimum atomic E-state index is 0.422. The van der Waals surface area contributed by atoms with Crippen LogP contribution >= 0.6 is 0 Å². The van der Waals surface area contributed by atoms with Crippen LogP contribution in [0.4, 0.5) is 0 Å². The zero-order valence-electron chi connectivity index (χ0n) is 7.96. The van der Waals surface area contributed by atoms with Crippen molar-refractivity contribution >= 4 is 5.78 Å². The molecule has 0 spiro atoms. The van der Waals surface area contributed by atoms with E-state index in [1.807, 2.05) is 0 Å². The molecule has 2 heterocycles. The van der Waals surface area contributed by atoms with E-state index in [-0.39, 0.29) is 0 Å². The predicted octanol–water partition coefficient (Wildman–Crippen LogP) is 1.50. The minimum Gasteiger partial charge on any atom is -0.311 e. The van der Waals surface area contributed by atoms with Gasteiger partial charge in [0.1, 0.15) is 5.78 Å². The number of nitrogens with one attached hydrogen (secondary N) is 1. The highest BCUT2D eigenvalue weighted by Crippen LogP contribution is 2.38. The van der Waals surface area contributed by atoms with E-state index in [2.05, 4.69) is 5.32 Å². The normalized spacial score (nSPS) is 43.5. The number of hydrogen-bond acceptors (Lipinski definition) is 2. The van der Waals surface area contributed by atoms with Crippen LogP contribution in [0.1, 0.15) is 38.5 Å². The van der Waals surface area contributed by atoms with E-state index in [4.69, 9.17) is 0 Å². The van der Waals surface area contributed by atoms with Gasteiger partial charge in [-0.15, -0.1) is 0 Å². The Morgan fingerprint density at radius 2 is 1.54 bits per heavy atom. The van der Waals surface area contributed by atoms with Crippen LogP contribution in [0, 0.1) is 11.8 Å². The molecule has 2 aliphatic heterocycles. The molecule has 2 bridgehead atoms. The monoisotopic (exact) mass is 179 g/mol. The molecule has 2 unspecified atom stereocenters. The second-order valence-electron chi connectivity index (χ2n) is 4.98. The van der Waals surface area contributed by atoms with Gasteiger partial charge >= 0.3 is 0 Å². The van der Waals surface area contributed by atoms with Gasteiger partial charge in [0, 0.05) is 23.9 Å². The molecule has 0 amide bonds. The molecule has 0 radical (unpaired) electrons. The SMILES string of the molecule is O=C(C1CC1)C1CC2CCC(C1)N2. The first kappa shape index (κ1) is 7.98. The molecule has 1 N–H and O–H groups in total. The zero-order chi connectivity index (χ0) is 8.84. The van der Waals surface area contributed by atoms with Crippen LogP contribution < -0.4 is 5.32 Å². The highest BCUT2D eigenvalue weighted by Gasteiger charge is 2.41. The first-order valence-corrected chi connectivity index (χ1v) is 5.62. The maximum absolute atomic E-state index is 11.9. The second-order valence-corrected chi connectivity index (χ2v) is 4.98. The molecule has 2 saturated heterocycles. The lowest BCUT2D eigenvalue weighted by atomic mass is 9.87. The molecule has 2 atom stereocenters. The highest BCUT2D eigenvalue weighted by atomic mass is 16.1. The summed E-state index contributed by atoms with van der Waals surface area (Å²) in [6, 6.07) is 1.35. The summed E-state index contributed by atoms with van der Waals surface area (Å²) in [7, 11) is 0. The first-order valence-electron chi connectivity index (χ1n) is 5.62. The van der Waals surface area contributed by atoms with Crippen molar-refractivity contribution in [3.05, 3.63) is 0 Å². The van der Waals surface area contributed by atoms with Crippen LogP contribution in [0.2, 0.25) is 0 Å². The first-order chi connectivity index (χ1) is 6.33. The van der Waals surface area contributed by atoms with Gasteiger partial charge in [-0.1, -0.05) is 0 Å². The summed E-state index contributed by atoms with van der Waals surface area (Å²) < 4.78 is 0. The van der Waals surface area contributed by atoms with Gasteiger partial charge in [0.15, 0.2) is 0 Å². The summed E-state index contributed by atoms with van der Waals surface area (Å²) in [6.45, 7) is 0. The van der Waals surface area contributed by atoms with Crippen molar-refractivity contribution in [1.82, 2.24) is 5.32 Å². The third-order valence-corrected chi connectivity index (χ3v) is 3.86. The number of carbonyl (C=O) groups excluding carboxylic acids is 1. The van der Waals surface area contributed by atoms with E-state index in [1.54, 1.807) is 0 Å². The van der Waals surface area contributed by atoms with Gasteiger partial charge in [-0.05, 0) is 38.5 Å². The Labute approximate surface area is 79.1 Å². The topological polar surface area (TPSA) is 29.1 Å². The Hall–Kier alpha value is -0.370. The van der Waals surface area contributed by atoms with Crippen molar-refractivity contribution in [3.63, 3.8) is 0 Å². The van der Waals surface area contributed by atoms with Crippen molar-refractivity contribution < 1.29 is 4.79 Å². The van der Waals surface area contributed by atoms with Crippen LogP contribution in [-0.4, -0.2) is 17.9 Å². The van der Waals surface area contributed by atoms with Gasteiger partial charge < -0.3 is 5.32 Å². The molecular weight excluding hydrogens is 162 g/mol. The number of ketones is 1. The molecule has 0 aromatic carbocycles. The maximum atomic E-state index is 11.9. The number of rotatable bonds is 2. The van der Waals surface area contributed by atoms with Crippen LogP contribution in [0.5, 0.6) is 0 Å². The summed E-state index contributed by atoms with van der Waals surface area (Å²) in [6.07, 6.45) is 7.23. The summed E-state index contributed by atoms with van der Waals surface area (Å²) in [5, 5.41) is 3.58. The Morgan fingerprint density at radius 1 is 0.923 bits per heavy atom. The van der Waals surface area contributed by atoms with E-state index in [0.717, 1.165) is 12.8 Å². The average Bonchev–Trinajstić information content (AvgIpc) is 2.92. The molecule has 72 valence electrons.